The Labute approximate surface area is 187 Å². The second-order valence-corrected chi connectivity index (χ2v) is 8.90. The lowest BCUT2D eigenvalue weighted by Crippen LogP contribution is -2.15. The van der Waals surface area contributed by atoms with E-state index in [1.165, 1.54) is 18.4 Å². The molecular formula is C25H28ClN5. The van der Waals surface area contributed by atoms with Gasteiger partial charge in [-0.05, 0) is 55.5 Å². The third-order valence-corrected chi connectivity index (χ3v) is 6.26. The molecule has 2 aromatic heterocycles. The largest absolute Gasteiger partial charge is 0.367 e. The van der Waals surface area contributed by atoms with E-state index in [1.54, 1.807) is 0 Å². The molecule has 0 atom stereocenters. The summed E-state index contributed by atoms with van der Waals surface area (Å²) in [4.78, 5) is 9.64. The van der Waals surface area contributed by atoms with Crippen LogP contribution in [0.3, 0.4) is 0 Å². The number of aromatic nitrogens is 3. The van der Waals surface area contributed by atoms with Crippen molar-refractivity contribution in [1.82, 2.24) is 19.7 Å². The van der Waals surface area contributed by atoms with Crippen LogP contribution in [0.1, 0.15) is 43.7 Å². The number of aryl methyl sites for hydroxylation is 1. The summed E-state index contributed by atoms with van der Waals surface area (Å²) in [5.74, 6) is 0.828. The summed E-state index contributed by atoms with van der Waals surface area (Å²) in [5.41, 5.74) is 7.25. The fourth-order valence-electron chi connectivity index (χ4n) is 3.94. The van der Waals surface area contributed by atoms with Gasteiger partial charge in [0.25, 0.3) is 0 Å². The summed E-state index contributed by atoms with van der Waals surface area (Å²) < 4.78 is 2.20. The van der Waals surface area contributed by atoms with Gasteiger partial charge in [0, 0.05) is 29.7 Å². The molecule has 160 valence electrons. The van der Waals surface area contributed by atoms with Gasteiger partial charge in [0.1, 0.15) is 0 Å². The highest BCUT2D eigenvalue weighted by molar-refractivity contribution is 6.31. The van der Waals surface area contributed by atoms with Crippen molar-refractivity contribution in [2.24, 2.45) is 0 Å². The van der Waals surface area contributed by atoms with Crippen molar-refractivity contribution in [3.8, 4) is 11.3 Å². The lowest BCUT2D eigenvalue weighted by atomic mass is 10.1. The number of hydrogen-bond acceptors (Lipinski definition) is 4. The average molecular weight is 434 g/mol. The number of imidazole rings is 1. The lowest BCUT2D eigenvalue weighted by molar-refractivity contribution is 0.688. The van der Waals surface area contributed by atoms with E-state index in [-0.39, 0.29) is 0 Å². The molecule has 5 rings (SSSR count). The Balaban J connectivity index is 1.60. The molecular weight excluding hydrogens is 406 g/mol. The number of fused-ring (bicyclic) bond motifs is 3. The first-order valence-electron chi connectivity index (χ1n) is 11.2. The minimum atomic E-state index is 0.662. The smallest absolute Gasteiger partial charge is 0.181 e. The topological polar surface area (TPSA) is 54.2 Å². The van der Waals surface area contributed by atoms with Gasteiger partial charge in [-0.15, -0.1) is 0 Å². The first-order valence-corrected chi connectivity index (χ1v) is 11.6. The van der Waals surface area contributed by atoms with Gasteiger partial charge in [0.2, 0.25) is 0 Å². The van der Waals surface area contributed by atoms with E-state index >= 15 is 0 Å². The Bertz CT molecular complexity index is 1240. The van der Waals surface area contributed by atoms with E-state index in [2.05, 4.69) is 65.3 Å². The van der Waals surface area contributed by atoms with E-state index in [0.717, 1.165) is 70.3 Å². The van der Waals surface area contributed by atoms with Crippen molar-refractivity contribution >= 4 is 34.1 Å². The molecule has 5 nitrogen and oxygen atoms in total. The highest BCUT2D eigenvalue weighted by Gasteiger charge is 2.21. The monoisotopic (exact) mass is 433 g/mol. The Kier molecular flexibility index (Phi) is 5.55. The summed E-state index contributed by atoms with van der Waals surface area (Å²) in [7, 11) is 0. The van der Waals surface area contributed by atoms with Crippen LogP contribution in [0, 0.1) is 6.92 Å². The molecule has 0 radical (unpaired) electrons. The minimum absolute atomic E-state index is 0.662. The van der Waals surface area contributed by atoms with Crippen molar-refractivity contribution in [1.29, 1.82) is 0 Å². The van der Waals surface area contributed by atoms with E-state index < -0.39 is 0 Å². The van der Waals surface area contributed by atoms with Gasteiger partial charge in [-0.2, -0.15) is 0 Å². The van der Waals surface area contributed by atoms with Gasteiger partial charge in [-0.1, -0.05) is 43.1 Å². The molecule has 2 N–H and O–H groups in total. The molecule has 4 aromatic rings. The van der Waals surface area contributed by atoms with Crippen molar-refractivity contribution < 1.29 is 0 Å². The van der Waals surface area contributed by atoms with E-state index in [9.17, 15) is 0 Å². The molecule has 0 unspecified atom stereocenters. The molecule has 2 heterocycles. The zero-order valence-corrected chi connectivity index (χ0v) is 18.8. The van der Waals surface area contributed by atoms with Crippen LogP contribution in [0.4, 0.5) is 5.82 Å². The number of hydrogen-bond donors (Lipinski definition) is 2. The SMILES string of the molecule is CCCCNc1nc2cc(C)ccc2n2c(-c3ccc(CNC4CC4)c(Cl)c3)cnc12. The van der Waals surface area contributed by atoms with Crippen molar-refractivity contribution in [2.45, 2.75) is 52.1 Å². The summed E-state index contributed by atoms with van der Waals surface area (Å²) in [6.07, 6.45) is 6.70. The van der Waals surface area contributed by atoms with Crippen molar-refractivity contribution in [3.63, 3.8) is 0 Å². The van der Waals surface area contributed by atoms with Crippen LogP contribution in [-0.2, 0) is 6.54 Å². The van der Waals surface area contributed by atoms with Crippen LogP contribution in [-0.4, -0.2) is 27.0 Å². The fourth-order valence-corrected chi connectivity index (χ4v) is 4.19. The van der Waals surface area contributed by atoms with Crippen LogP contribution < -0.4 is 10.6 Å². The number of nitrogens with zero attached hydrogens (tertiary/aromatic N) is 3. The quantitative estimate of drug-likeness (QED) is 0.336. The first kappa shape index (κ1) is 20.3. The third-order valence-electron chi connectivity index (χ3n) is 5.91. The van der Waals surface area contributed by atoms with Gasteiger partial charge >= 0.3 is 0 Å². The number of nitrogens with one attached hydrogen (secondary N) is 2. The van der Waals surface area contributed by atoms with Gasteiger partial charge in [0.15, 0.2) is 11.5 Å². The average Bonchev–Trinajstić information content (AvgIpc) is 3.48. The van der Waals surface area contributed by atoms with Crippen LogP contribution >= 0.6 is 11.6 Å². The maximum atomic E-state index is 6.66. The maximum Gasteiger partial charge on any atom is 0.181 e. The van der Waals surface area contributed by atoms with E-state index in [4.69, 9.17) is 21.6 Å². The third kappa shape index (κ3) is 4.12. The maximum absolute atomic E-state index is 6.66. The van der Waals surface area contributed by atoms with E-state index in [1.807, 2.05) is 6.20 Å². The second-order valence-electron chi connectivity index (χ2n) is 8.50. The highest BCUT2D eigenvalue weighted by atomic mass is 35.5. The van der Waals surface area contributed by atoms with Crippen LogP contribution in [0.15, 0.2) is 42.6 Å². The standard InChI is InChI=1S/C25H28ClN5/c1-3-4-11-27-24-25-29-15-23(31(25)22-10-5-16(2)12-21(22)30-24)17-6-7-18(20(26)13-17)14-28-19-8-9-19/h5-7,10,12-13,15,19,28H,3-4,8-9,11,14H2,1-2H3,(H,27,30). The Morgan fingerprint density at radius 1 is 1.16 bits per heavy atom. The summed E-state index contributed by atoms with van der Waals surface area (Å²) >= 11 is 6.66. The molecule has 31 heavy (non-hydrogen) atoms. The molecule has 0 aliphatic heterocycles. The molecule has 0 amide bonds. The number of unbranched alkanes of at least 4 members (excludes halogenated alkanes) is 1. The first-order chi connectivity index (χ1) is 15.1. The van der Waals surface area contributed by atoms with Crippen molar-refractivity contribution in [2.75, 3.05) is 11.9 Å². The number of anilines is 1. The number of rotatable bonds is 8. The molecule has 1 saturated carbocycles. The molecule has 0 spiro atoms. The predicted octanol–water partition coefficient (Wildman–Crippen LogP) is 5.98. The lowest BCUT2D eigenvalue weighted by Gasteiger charge is -2.13. The normalized spacial score (nSPS) is 13.9. The molecule has 1 fully saturated rings. The second kappa shape index (κ2) is 8.48. The predicted molar refractivity (Wildman–Crippen MR) is 129 cm³/mol. The van der Waals surface area contributed by atoms with Crippen LogP contribution in [0.2, 0.25) is 5.02 Å². The molecule has 1 aliphatic rings. The Morgan fingerprint density at radius 2 is 2.03 bits per heavy atom. The highest BCUT2D eigenvalue weighted by Crippen LogP contribution is 2.31. The van der Waals surface area contributed by atoms with Crippen LogP contribution in [0.25, 0.3) is 27.9 Å². The van der Waals surface area contributed by atoms with Crippen molar-refractivity contribution in [3.05, 3.63) is 58.7 Å². The molecule has 2 aromatic carbocycles. The molecule has 1 aliphatic carbocycles. The number of halogens is 1. The zero-order chi connectivity index (χ0) is 21.4. The minimum Gasteiger partial charge on any atom is -0.367 e. The number of benzene rings is 2. The summed E-state index contributed by atoms with van der Waals surface area (Å²) in [6, 6.07) is 13.4. The van der Waals surface area contributed by atoms with Gasteiger partial charge in [-0.25, -0.2) is 9.97 Å². The molecule has 0 saturated heterocycles. The van der Waals surface area contributed by atoms with Gasteiger partial charge in [0.05, 0.1) is 22.9 Å². The van der Waals surface area contributed by atoms with Gasteiger partial charge in [-0.3, -0.25) is 4.40 Å². The van der Waals surface area contributed by atoms with E-state index in [0.29, 0.717) is 6.04 Å². The molecule has 6 heteroatoms. The molecule has 0 bridgehead atoms. The summed E-state index contributed by atoms with van der Waals surface area (Å²) in [6.45, 7) is 5.98. The fraction of sp³-hybridized carbons (Fsp3) is 0.360. The van der Waals surface area contributed by atoms with Gasteiger partial charge < -0.3 is 10.6 Å². The Hall–Kier alpha value is -2.63. The van der Waals surface area contributed by atoms with Crippen LogP contribution in [0.5, 0.6) is 0 Å². The Morgan fingerprint density at radius 3 is 2.81 bits per heavy atom. The zero-order valence-electron chi connectivity index (χ0n) is 18.1. The summed E-state index contributed by atoms with van der Waals surface area (Å²) in [5, 5.41) is 7.82.